The van der Waals surface area contributed by atoms with Crippen molar-refractivity contribution in [3.63, 3.8) is 0 Å². The number of carbonyl (C=O) groups excluding carboxylic acids is 1. The van der Waals surface area contributed by atoms with Crippen molar-refractivity contribution >= 4 is 23.4 Å². The summed E-state index contributed by atoms with van der Waals surface area (Å²) in [5.74, 6) is 0. The Morgan fingerprint density at radius 2 is 2.62 bits per heavy atom. The van der Waals surface area contributed by atoms with Gasteiger partial charge < -0.3 is 9.64 Å². The number of nitriles is 1. The van der Waals surface area contributed by atoms with Gasteiger partial charge in [0.25, 0.3) is 0 Å². The van der Waals surface area contributed by atoms with Crippen molar-refractivity contribution in [2.45, 2.75) is 13.0 Å². The first-order valence-corrected chi connectivity index (χ1v) is 4.23. The lowest BCUT2D eigenvalue weighted by molar-refractivity contribution is 0.157. The van der Waals surface area contributed by atoms with Crippen molar-refractivity contribution < 1.29 is 9.53 Å². The van der Waals surface area contributed by atoms with Gasteiger partial charge in [-0.25, -0.2) is 4.79 Å². The molecule has 0 radical (unpaired) electrons. The molecule has 1 rings (SSSR count). The molecular weight excluding hydrogens is 190 g/mol. The molecule has 1 aliphatic heterocycles. The summed E-state index contributed by atoms with van der Waals surface area (Å²) in [5, 5.41) is 11.1. The Hall–Kier alpha value is -1.35. The number of amides is 1. The molecule has 1 amide bonds. The van der Waals surface area contributed by atoms with Gasteiger partial charge in [0.1, 0.15) is 6.04 Å². The molecule has 1 N–H and O–H groups in total. The lowest BCUT2D eigenvalue weighted by Crippen LogP contribution is -2.35. The minimum absolute atomic E-state index is 0.186. The molecule has 0 bridgehead atoms. The second-order valence-electron chi connectivity index (χ2n) is 2.45. The van der Waals surface area contributed by atoms with Gasteiger partial charge in [-0.05, 0) is 19.1 Å². The summed E-state index contributed by atoms with van der Waals surface area (Å²) in [6.07, 6.45) is -0.573. The van der Waals surface area contributed by atoms with Crippen LogP contribution < -0.4 is 5.32 Å². The second-order valence-corrected chi connectivity index (χ2v) is 2.83. The van der Waals surface area contributed by atoms with E-state index in [0.29, 0.717) is 13.2 Å². The van der Waals surface area contributed by atoms with Crippen LogP contribution in [0.5, 0.6) is 0 Å². The highest BCUT2D eigenvalue weighted by atomic mass is 32.1. The summed E-state index contributed by atoms with van der Waals surface area (Å²) in [6, 6.07) is 1.84. The molecule has 1 saturated heterocycles. The van der Waals surface area contributed by atoms with E-state index >= 15 is 0 Å². The van der Waals surface area contributed by atoms with Crippen molar-refractivity contribution in [3.8, 4) is 6.07 Å². The smallest absolute Gasteiger partial charge is 0.413 e. The Morgan fingerprint density at radius 3 is 3.08 bits per heavy atom. The highest BCUT2D eigenvalue weighted by Gasteiger charge is 2.36. The SMILES string of the molecule is CCOC(=O)NC(=S)N1CC1C#N. The highest BCUT2D eigenvalue weighted by Crippen LogP contribution is 2.15. The number of nitrogens with zero attached hydrogens (tertiary/aromatic N) is 2. The average molecular weight is 199 g/mol. The average Bonchev–Trinajstić information content (AvgIpc) is 2.82. The number of rotatable bonds is 1. The summed E-state index contributed by atoms with van der Waals surface area (Å²) in [5.41, 5.74) is 0. The maximum Gasteiger partial charge on any atom is 0.413 e. The molecule has 1 aliphatic rings. The van der Waals surface area contributed by atoms with Crippen LogP contribution in [0.4, 0.5) is 4.79 Å². The number of hydrogen-bond donors (Lipinski definition) is 1. The van der Waals surface area contributed by atoms with Gasteiger partial charge >= 0.3 is 6.09 Å². The summed E-state index contributed by atoms with van der Waals surface area (Å²) in [6.45, 7) is 2.59. The van der Waals surface area contributed by atoms with Gasteiger partial charge in [-0.1, -0.05) is 0 Å². The normalized spacial score (nSPS) is 18.8. The molecule has 70 valence electrons. The van der Waals surface area contributed by atoms with E-state index in [2.05, 4.69) is 10.1 Å². The predicted octanol–water partition coefficient (Wildman–Crippen LogP) is 0.225. The number of carbonyl (C=O) groups is 1. The first-order valence-electron chi connectivity index (χ1n) is 3.83. The molecule has 5 nitrogen and oxygen atoms in total. The zero-order valence-electron chi connectivity index (χ0n) is 7.11. The van der Waals surface area contributed by atoms with Crippen molar-refractivity contribution in [1.29, 1.82) is 5.26 Å². The maximum absolute atomic E-state index is 10.9. The fourth-order valence-corrected chi connectivity index (χ4v) is 1.09. The third kappa shape index (κ3) is 2.56. The third-order valence-electron chi connectivity index (χ3n) is 1.51. The molecule has 6 heteroatoms. The number of nitrogens with one attached hydrogen (secondary N) is 1. The molecule has 1 unspecified atom stereocenters. The van der Waals surface area contributed by atoms with Gasteiger partial charge in [-0.2, -0.15) is 5.26 Å². The summed E-state index contributed by atoms with van der Waals surface area (Å²) in [4.78, 5) is 12.5. The van der Waals surface area contributed by atoms with E-state index in [1.54, 1.807) is 11.8 Å². The van der Waals surface area contributed by atoms with Crippen LogP contribution in [-0.2, 0) is 4.74 Å². The summed E-state index contributed by atoms with van der Waals surface area (Å²) >= 11 is 4.84. The van der Waals surface area contributed by atoms with E-state index in [1.165, 1.54) is 0 Å². The quantitative estimate of drug-likeness (QED) is 0.483. The fourth-order valence-electron chi connectivity index (χ4n) is 0.800. The van der Waals surface area contributed by atoms with E-state index in [-0.39, 0.29) is 11.2 Å². The van der Waals surface area contributed by atoms with Gasteiger partial charge in [-0.15, -0.1) is 0 Å². The lowest BCUT2D eigenvalue weighted by atomic mass is 10.5. The largest absolute Gasteiger partial charge is 0.450 e. The number of thiocarbonyl (C=S) groups is 1. The van der Waals surface area contributed by atoms with Crippen LogP contribution in [0.15, 0.2) is 0 Å². The molecule has 0 spiro atoms. The monoisotopic (exact) mass is 199 g/mol. The zero-order valence-corrected chi connectivity index (χ0v) is 7.93. The maximum atomic E-state index is 10.9. The van der Waals surface area contributed by atoms with Crippen LogP contribution in [-0.4, -0.2) is 35.3 Å². The molecule has 1 fully saturated rings. The van der Waals surface area contributed by atoms with Crippen molar-refractivity contribution in [3.05, 3.63) is 0 Å². The molecule has 13 heavy (non-hydrogen) atoms. The zero-order chi connectivity index (χ0) is 9.84. The van der Waals surface area contributed by atoms with Gasteiger partial charge in [-0.3, -0.25) is 5.32 Å². The van der Waals surface area contributed by atoms with E-state index in [1.807, 2.05) is 6.07 Å². The van der Waals surface area contributed by atoms with E-state index in [0.717, 1.165) is 0 Å². The van der Waals surface area contributed by atoms with Crippen LogP contribution in [0.2, 0.25) is 0 Å². The predicted molar refractivity (Wildman–Crippen MR) is 48.9 cm³/mol. The molecule has 0 saturated carbocycles. The Balaban J connectivity index is 2.27. The molecular formula is C7H9N3O2S. The van der Waals surface area contributed by atoms with Crippen LogP contribution >= 0.6 is 12.2 Å². The Kier molecular flexibility index (Phi) is 3.03. The summed E-state index contributed by atoms with van der Waals surface area (Å²) in [7, 11) is 0. The van der Waals surface area contributed by atoms with Gasteiger partial charge in [0, 0.05) is 0 Å². The van der Waals surface area contributed by atoms with E-state index in [4.69, 9.17) is 17.5 Å². The Morgan fingerprint density at radius 1 is 1.92 bits per heavy atom. The molecule has 0 aliphatic carbocycles. The van der Waals surface area contributed by atoms with Crippen LogP contribution in [0.3, 0.4) is 0 Å². The first kappa shape index (κ1) is 9.74. The van der Waals surface area contributed by atoms with E-state index < -0.39 is 6.09 Å². The van der Waals surface area contributed by atoms with Gasteiger partial charge in [0.15, 0.2) is 5.11 Å². The van der Waals surface area contributed by atoms with Crippen molar-refractivity contribution in [2.75, 3.05) is 13.2 Å². The van der Waals surface area contributed by atoms with Crippen LogP contribution in [0.25, 0.3) is 0 Å². The van der Waals surface area contributed by atoms with Crippen molar-refractivity contribution in [1.82, 2.24) is 10.2 Å². The lowest BCUT2D eigenvalue weighted by Gasteiger charge is -2.06. The minimum atomic E-state index is -0.573. The van der Waals surface area contributed by atoms with Gasteiger partial charge in [0.2, 0.25) is 0 Å². The van der Waals surface area contributed by atoms with Gasteiger partial charge in [0.05, 0.1) is 19.2 Å². The van der Waals surface area contributed by atoms with Crippen LogP contribution in [0, 0.1) is 11.3 Å². The van der Waals surface area contributed by atoms with Crippen molar-refractivity contribution in [2.24, 2.45) is 0 Å². The highest BCUT2D eigenvalue weighted by molar-refractivity contribution is 7.80. The molecule has 1 atom stereocenters. The molecule has 0 aromatic rings. The Bertz CT molecular complexity index is 273. The standard InChI is InChI=1S/C7H9N3O2S/c1-2-12-7(11)9-6(13)10-4-5(10)3-8/h5H,2,4H2,1H3,(H,9,11,13). The minimum Gasteiger partial charge on any atom is -0.450 e. The second kappa shape index (κ2) is 4.05. The molecule has 1 heterocycles. The first-order chi connectivity index (χ1) is 6.19. The number of hydrogen-bond acceptors (Lipinski definition) is 4. The third-order valence-corrected chi connectivity index (χ3v) is 1.84. The molecule has 0 aromatic heterocycles. The fraction of sp³-hybridized carbons (Fsp3) is 0.571. The topological polar surface area (TPSA) is 65.1 Å². The molecule has 0 aromatic carbocycles. The summed E-state index contributed by atoms with van der Waals surface area (Å²) < 4.78 is 4.61. The number of ether oxygens (including phenoxy) is 1. The van der Waals surface area contributed by atoms with E-state index in [9.17, 15) is 4.79 Å². The Labute approximate surface area is 81.3 Å². The van der Waals surface area contributed by atoms with Crippen LogP contribution in [0.1, 0.15) is 6.92 Å². The number of alkyl carbamates (subject to hydrolysis) is 1.